The van der Waals surface area contributed by atoms with E-state index in [2.05, 4.69) is 17.1 Å². The van der Waals surface area contributed by atoms with Crippen molar-refractivity contribution in [2.24, 2.45) is 0 Å². The molecule has 9 heteroatoms. The van der Waals surface area contributed by atoms with Gasteiger partial charge in [-0.25, -0.2) is 17.7 Å². The van der Waals surface area contributed by atoms with E-state index in [1.54, 1.807) is 6.07 Å². The maximum Gasteiger partial charge on any atom is 0.257 e. The molecule has 0 atom stereocenters. The Hall–Kier alpha value is -2.36. The maximum absolute atomic E-state index is 12.6. The lowest BCUT2D eigenvalue weighted by Gasteiger charge is -2.28. The number of rotatable bonds is 5. The van der Waals surface area contributed by atoms with Gasteiger partial charge in [-0.2, -0.15) is 0 Å². The molecule has 3 aromatic rings. The normalized spacial score (nSPS) is 14.4. The third kappa shape index (κ3) is 4.03. The largest absolute Gasteiger partial charge is 0.431 e. The van der Waals surface area contributed by atoms with Crippen LogP contribution in [0, 0.1) is 0 Å². The van der Waals surface area contributed by atoms with Crippen LogP contribution in [0.5, 0.6) is 0 Å². The first-order valence-corrected chi connectivity index (χ1v) is 11.6. The monoisotopic (exact) mass is 431 g/mol. The van der Waals surface area contributed by atoms with Gasteiger partial charge in [0.25, 0.3) is 5.22 Å². The molecule has 0 N–H and O–H groups in total. The van der Waals surface area contributed by atoms with Crippen LogP contribution in [-0.2, 0) is 27.8 Å². The van der Waals surface area contributed by atoms with E-state index in [-0.39, 0.29) is 16.6 Å². The van der Waals surface area contributed by atoms with Crippen molar-refractivity contribution >= 4 is 38.8 Å². The fourth-order valence-corrected chi connectivity index (χ4v) is 4.91. The Bertz CT molecular complexity index is 1170. The van der Waals surface area contributed by atoms with Gasteiger partial charge in [-0.3, -0.25) is 4.79 Å². The molecular formula is C20H21N3O4S2. The Morgan fingerprint density at radius 2 is 1.97 bits per heavy atom. The highest BCUT2D eigenvalue weighted by Gasteiger charge is 2.22. The molecule has 0 aliphatic carbocycles. The molecule has 1 aromatic heterocycles. The van der Waals surface area contributed by atoms with Gasteiger partial charge in [0.15, 0.2) is 5.58 Å². The van der Waals surface area contributed by atoms with Crippen LogP contribution in [0.25, 0.3) is 11.1 Å². The number of aromatic nitrogens is 1. The number of carbonyl (C=O) groups is 1. The molecule has 0 bridgehead atoms. The van der Waals surface area contributed by atoms with Crippen molar-refractivity contribution in [3.8, 4) is 0 Å². The highest BCUT2D eigenvalue weighted by Crippen LogP contribution is 2.27. The molecule has 7 nitrogen and oxygen atoms in total. The second kappa shape index (κ2) is 7.81. The summed E-state index contributed by atoms with van der Waals surface area (Å²) >= 11 is 1.22. The van der Waals surface area contributed by atoms with Crippen molar-refractivity contribution in [1.82, 2.24) is 14.2 Å². The summed E-state index contributed by atoms with van der Waals surface area (Å²) in [5.41, 5.74) is 3.43. The molecule has 1 aliphatic rings. The predicted octanol–water partition coefficient (Wildman–Crippen LogP) is 2.76. The number of hydrogen-bond acceptors (Lipinski definition) is 6. The SMILES string of the molecule is CN(C)S(=O)(=O)c1ccc2oc(SCC(=O)N3CCc4ccccc4C3)nc2c1. The molecule has 0 unspecified atom stereocenters. The summed E-state index contributed by atoms with van der Waals surface area (Å²) in [4.78, 5) is 19.0. The Morgan fingerprint density at radius 3 is 2.72 bits per heavy atom. The molecule has 2 heterocycles. The number of oxazole rings is 1. The van der Waals surface area contributed by atoms with Gasteiger partial charge >= 0.3 is 0 Å². The molecule has 152 valence electrons. The van der Waals surface area contributed by atoms with Crippen LogP contribution in [-0.4, -0.2) is 54.9 Å². The second-order valence-corrected chi connectivity index (χ2v) is 10.1. The summed E-state index contributed by atoms with van der Waals surface area (Å²) in [6.07, 6.45) is 0.860. The number of carbonyl (C=O) groups excluding carboxylic acids is 1. The highest BCUT2D eigenvalue weighted by molar-refractivity contribution is 7.99. The molecule has 4 rings (SSSR count). The number of fused-ring (bicyclic) bond motifs is 2. The smallest absolute Gasteiger partial charge is 0.257 e. The van der Waals surface area contributed by atoms with E-state index >= 15 is 0 Å². The minimum atomic E-state index is -3.54. The first kappa shape index (κ1) is 19.9. The molecule has 1 aliphatic heterocycles. The van der Waals surface area contributed by atoms with Crippen LogP contribution >= 0.6 is 11.8 Å². The molecule has 2 aromatic carbocycles. The zero-order valence-electron chi connectivity index (χ0n) is 16.2. The van der Waals surface area contributed by atoms with Gasteiger partial charge in [0.2, 0.25) is 15.9 Å². The summed E-state index contributed by atoms with van der Waals surface area (Å²) in [7, 11) is -0.579. The number of benzene rings is 2. The first-order valence-electron chi connectivity index (χ1n) is 9.15. The number of thioether (sulfide) groups is 1. The van der Waals surface area contributed by atoms with Gasteiger partial charge in [-0.05, 0) is 35.7 Å². The summed E-state index contributed by atoms with van der Waals surface area (Å²) in [5, 5.41) is 0.352. The number of amides is 1. The number of sulfonamides is 1. The Balaban J connectivity index is 1.44. The van der Waals surface area contributed by atoms with Gasteiger partial charge in [-0.1, -0.05) is 36.0 Å². The Labute approximate surface area is 173 Å². The van der Waals surface area contributed by atoms with Crippen LogP contribution in [0.3, 0.4) is 0 Å². The standard InChI is InChI=1S/C20H21N3O4S2/c1-22(2)29(25,26)16-7-8-18-17(11-16)21-20(27-18)28-13-19(24)23-10-9-14-5-3-4-6-15(14)12-23/h3-8,11H,9-10,12-13H2,1-2H3. The van der Waals surface area contributed by atoms with Crippen molar-refractivity contribution < 1.29 is 17.6 Å². The Kier molecular flexibility index (Phi) is 5.37. The molecular weight excluding hydrogens is 410 g/mol. The molecule has 1 amide bonds. The van der Waals surface area contributed by atoms with Gasteiger partial charge in [0.05, 0.1) is 10.6 Å². The third-order valence-electron chi connectivity index (χ3n) is 4.92. The minimum absolute atomic E-state index is 0.0302. The fraction of sp³-hybridized carbons (Fsp3) is 0.300. The van der Waals surface area contributed by atoms with Gasteiger partial charge in [0.1, 0.15) is 5.52 Å². The molecule has 0 radical (unpaired) electrons. The van der Waals surface area contributed by atoms with Gasteiger partial charge in [-0.15, -0.1) is 0 Å². The van der Waals surface area contributed by atoms with E-state index < -0.39 is 10.0 Å². The van der Waals surface area contributed by atoms with E-state index in [0.717, 1.165) is 10.7 Å². The average Bonchev–Trinajstić information content (AvgIpc) is 3.13. The van der Waals surface area contributed by atoms with Crippen molar-refractivity contribution in [3.05, 3.63) is 53.6 Å². The summed E-state index contributed by atoms with van der Waals surface area (Å²) in [6.45, 7) is 1.32. The quantitative estimate of drug-likeness (QED) is 0.578. The zero-order chi connectivity index (χ0) is 20.6. The van der Waals surface area contributed by atoms with Crippen LogP contribution in [0.15, 0.2) is 57.0 Å². The molecule has 29 heavy (non-hydrogen) atoms. The summed E-state index contributed by atoms with van der Waals surface area (Å²) in [6, 6.07) is 12.7. The molecule has 0 saturated carbocycles. The lowest BCUT2D eigenvalue weighted by atomic mass is 10.00. The molecule has 0 fully saturated rings. The van der Waals surface area contributed by atoms with Crippen LogP contribution in [0.1, 0.15) is 11.1 Å². The average molecular weight is 432 g/mol. The molecule has 0 spiro atoms. The van der Waals surface area contributed by atoms with Crippen molar-refractivity contribution in [2.45, 2.75) is 23.1 Å². The van der Waals surface area contributed by atoms with Crippen molar-refractivity contribution in [2.75, 3.05) is 26.4 Å². The maximum atomic E-state index is 12.6. The van der Waals surface area contributed by atoms with Crippen LogP contribution in [0.4, 0.5) is 0 Å². The summed E-state index contributed by atoms with van der Waals surface area (Å²) < 4.78 is 31.4. The highest BCUT2D eigenvalue weighted by atomic mass is 32.2. The zero-order valence-corrected chi connectivity index (χ0v) is 17.8. The van der Waals surface area contributed by atoms with Crippen molar-refractivity contribution in [1.29, 1.82) is 0 Å². The topological polar surface area (TPSA) is 83.7 Å². The Morgan fingerprint density at radius 1 is 1.21 bits per heavy atom. The molecule has 0 saturated heterocycles. The van der Waals surface area contributed by atoms with E-state index in [0.29, 0.717) is 29.4 Å². The van der Waals surface area contributed by atoms with Crippen LogP contribution < -0.4 is 0 Å². The fourth-order valence-electron chi connectivity index (χ4n) is 3.24. The summed E-state index contributed by atoms with van der Waals surface area (Å²) in [5.74, 6) is 0.250. The minimum Gasteiger partial charge on any atom is -0.431 e. The van der Waals surface area contributed by atoms with Gasteiger partial charge < -0.3 is 9.32 Å². The first-order chi connectivity index (χ1) is 13.8. The van der Waals surface area contributed by atoms with E-state index in [1.165, 1.54) is 49.1 Å². The number of hydrogen-bond donors (Lipinski definition) is 0. The predicted molar refractivity (Wildman–Crippen MR) is 111 cm³/mol. The second-order valence-electron chi connectivity index (χ2n) is 7.02. The van der Waals surface area contributed by atoms with E-state index in [1.807, 2.05) is 17.0 Å². The van der Waals surface area contributed by atoms with E-state index in [9.17, 15) is 13.2 Å². The van der Waals surface area contributed by atoms with Crippen molar-refractivity contribution in [3.63, 3.8) is 0 Å². The van der Waals surface area contributed by atoms with Crippen LogP contribution in [0.2, 0.25) is 0 Å². The van der Waals surface area contributed by atoms with Gasteiger partial charge in [0, 0.05) is 27.2 Å². The number of nitrogens with zero attached hydrogens (tertiary/aromatic N) is 3. The van der Waals surface area contributed by atoms with E-state index in [4.69, 9.17) is 4.42 Å². The lowest BCUT2D eigenvalue weighted by Crippen LogP contribution is -2.37. The lowest BCUT2D eigenvalue weighted by molar-refractivity contribution is -0.129. The third-order valence-corrected chi connectivity index (χ3v) is 7.54.